The minimum atomic E-state index is -2.87. The molecule has 0 spiro atoms. The van der Waals surface area contributed by atoms with Crippen LogP contribution in [0.3, 0.4) is 0 Å². The standard InChI is InChI=1S/C22H30F2N4O2.HI/c1-5-25-22(26-13-17-6-9-18(28(3)4)12-15(17)2)27-14-20(29)16-7-10-19(11-8-16)30-21(23)24;/h6-12,20-21,29H,5,13-14H2,1-4H3,(H2,25,26,27);1H. The number of aliphatic hydroxyl groups excluding tert-OH is 1. The van der Waals surface area contributed by atoms with Crippen LogP contribution in [0.1, 0.15) is 29.7 Å². The van der Waals surface area contributed by atoms with E-state index in [4.69, 9.17) is 0 Å². The monoisotopic (exact) mass is 548 g/mol. The number of guanidine groups is 1. The normalized spacial score (nSPS) is 12.2. The molecule has 2 rings (SSSR count). The van der Waals surface area contributed by atoms with Gasteiger partial charge in [-0.05, 0) is 54.8 Å². The summed E-state index contributed by atoms with van der Waals surface area (Å²) in [5, 5.41) is 16.7. The highest BCUT2D eigenvalue weighted by atomic mass is 127. The first kappa shape index (κ1) is 26.9. The molecule has 0 aliphatic heterocycles. The highest BCUT2D eigenvalue weighted by Gasteiger charge is 2.10. The second-order valence-electron chi connectivity index (χ2n) is 7.04. The summed E-state index contributed by atoms with van der Waals surface area (Å²) in [6.45, 7) is 2.56. The summed E-state index contributed by atoms with van der Waals surface area (Å²) in [5.41, 5.74) is 4.01. The maximum absolute atomic E-state index is 12.2. The Hall–Kier alpha value is -2.14. The minimum absolute atomic E-state index is 0. The van der Waals surface area contributed by atoms with E-state index >= 15 is 0 Å². The fraction of sp³-hybridized carbons (Fsp3) is 0.409. The number of ether oxygens (including phenoxy) is 1. The van der Waals surface area contributed by atoms with Crippen molar-refractivity contribution in [1.29, 1.82) is 0 Å². The van der Waals surface area contributed by atoms with Gasteiger partial charge in [-0.15, -0.1) is 24.0 Å². The zero-order valence-electron chi connectivity index (χ0n) is 18.2. The van der Waals surface area contributed by atoms with Crippen LogP contribution >= 0.6 is 24.0 Å². The van der Waals surface area contributed by atoms with Crippen molar-refractivity contribution in [2.45, 2.75) is 33.1 Å². The Morgan fingerprint density at radius 2 is 1.81 bits per heavy atom. The fourth-order valence-electron chi connectivity index (χ4n) is 2.82. The van der Waals surface area contributed by atoms with Crippen LogP contribution in [0.2, 0.25) is 0 Å². The lowest BCUT2D eigenvalue weighted by atomic mass is 10.1. The molecule has 172 valence electrons. The first-order valence-corrected chi connectivity index (χ1v) is 9.82. The lowest BCUT2D eigenvalue weighted by molar-refractivity contribution is -0.0498. The number of benzene rings is 2. The average molecular weight is 548 g/mol. The number of hydrogen-bond donors (Lipinski definition) is 3. The summed E-state index contributed by atoms with van der Waals surface area (Å²) in [4.78, 5) is 6.65. The molecular weight excluding hydrogens is 517 g/mol. The van der Waals surface area contributed by atoms with Gasteiger partial charge in [0, 0.05) is 32.9 Å². The van der Waals surface area contributed by atoms with Gasteiger partial charge in [-0.2, -0.15) is 8.78 Å². The molecule has 0 bridgehead atoms. The van der Waals surface area contributed by atoms with Crippen molar-refractivity contribution < 1.29 is 18.6 Å². The highest BCUT2D eigenvalue weighted by molar-refractivity contribution is 14.0. The topological polar surface area (TPSA) is 69.1 Å². The zero-order valence-corrected chi connectivity index (χ0v) is 20.6. The average Bonchev–Trinajstić information content (AvgIpc) is 2.70. The lowest BCUT2D eigenvalue weighted by Crippen LogP contribution is -2.39. The van der Waals surface area contributed by atoms with Crippen LogP contribution in [0.25, 0.3) is 0 Å². The van der Waals surface area contributed by atoms with Gasteiger partial charge in [0.15, 0.2) is 5.96 Å². The Labute approximate surface area is 199 Å². The third kappa shape index (κ3) is 8.86. The number of aryl methyl sites for hydroxylation is 1. The molecule has 31 heavy (non-hydrogen) atoms. The number of aliphatic hydroxyl groups is 1. The van der Waals surface area contributed by atoms with Crippen LogP contribution in [0.4, 0.5) is 14.5 Å². The number of anilines is 1. The van der Waals surface area contributed by atoms with E-state index in [1.165, 1.54) is 12.1 Å². The molecule has 2 aromatic carbocycles. The number of rotatable bonds is 9. The predicted octanol–water partition coefficient (Wildman–Crippen LogP) is 4.07. The molecule has 0 amide bonds. The second-order valence-corrected chi connectivity index (χ2v) is 7.04. The Bertz CT molecular complexity index is 833. The first-order valence-electron chi connectivity index (χ1n) is 9.82. The predicted molar refractivity (Wildman–Crippen MR) is 132 cm³/mol. The summed E-state index contributed by atoms with van der Waals surface area (Å²) in [5.74, 6) is 0.643. The van der Waals surface area contributed by atoms with E-state index in [-0.39, 0.29) is 36.3 Å². The maximum Gasteiger partial charge on any atom is 0.387 e. The van der Waals surface area contributed by atoms with Gasteiger partial charge in [-0.25, -0.2) is 4.99 Å². The zero-order chi connectivity index (χ0) is 22.1. The van der Waals surface area contributed by atoms with Crippen LogP contribution in [-0.4, -0.2) is 44.9 Å². The second kappa shape index (κ2) is 13.3. The minimum Gasteiger partial charge on any atom is -0.435 e. The van der Waals surface area contributed by atoms with Gasteiger partial charge in [0.2, 0.25) is 0 Å². The van der Waals surface area contributed by atoms with E-state index in [2.05, 4.69) is 50.4 Å². The van der Waals surface area contributed by atoms with Gasteiger partial charge >= 0.3 is 6.61 Å². The van der Waals surface area contributed by atoms with E-state index in [0.717, 1.165) is 16.8 Å². The van der Waals surface area contributed by atoms with Crippen molar-refractivity contribution in [3.8, 4) is 5.75 Å². The Morgan fingerprint density at radius 3 is 2.35 bits per heavy atom. The van der Waals surface area contributed by atoms with Gasteiger partial charge < -0.3 is 25.4 Å². The van der Waals surface area contributed by atoms with Gasteiger partial charge in [0.05, 0.1) is 12.6 Å². The molecule has 3 N–H and O–H groups in total. The number of aliphatic imine (C=N–C) groups is 1. The molecule has 0 aromatic heterocycles. The maximum atomic E-state index is 12.2. The highest BCUT2D eigenvalue weighted by Crippen LogP contribution is 2.19. The number of hydrogen-bond acceptors (Lipinski definition) is 4. The molecular formula is C22H31F2IN4O2. The largest absolute Gasteiger partial charge is 0.435 e. The van der Waals surface area contributed by atoms with E-state index in [1.807, 2.05) is 21.0 Å². The molecule has 1 atom stereocenters. The lowest BCUT2D eigenvalue weighted by Gasteiger charge is -2.17. The first-order chi connectivity index (χ1) is 14.3. The summed E-state index contributed by atoms with van der Waals surface area (Å²) in [6, 6.07) is 12.2. The van der Waals surface area contributed by atoms with Gasteiger partial charge in [0.25, 0.3) is 0 Å². The molecule has 9 heteroatoms. The summed E-state index contributed by atoms with van der Waals surface area (Å²) in [6.07, 6.45) is -0.824. The van der Waals surface area contributed by atoms with E-state index in [9.17, 15) is 13.9 Å². The van der Waals surface area contributed by atoms with Crippen molar-refractivity contribution in [3.05, 3.63) is 59.2 Å². The van der Waals surface area contributed by atoms with E-state index in [0.29, 0.717) is 24.6 Å². The third-order valence-corrected chi connectivity index (χ3v) is 4.55. The molecule has 0 heterocycles. The summed E-state index contributed by atoms with van der Waals surface area (Å²) in [7, 11) is 4.01. The van der Waals surface area contributed by atoms with Gasteiger partial charge in [-0.3, -0.25) is 0 Å². The quantitative estimate of drug-likeness (QED) is 0.251. The number of nitrogens with one attached hydrogen (secondary N) is 2. The molecule has 2 aromatic rings. The molecule has 6 nitrogen and oxygen atoms in total. The molecule has 0 radical (unpaired) electrons. The van der Waals surface area contributed by atoms with Gasteiger partial charge in [0.1, 0.15) is 5.75 Å². The Kier molecular flexibility index (Phi) is 11.5. The van der Waals surface area contributed by atoms with Crippen molar-refractivity contribution in [3.63, 3.8) is 0 Å². The van der Waals surface area contributed by atoms with Crippen LogP contribution in [0.5, 0.6) is 5.75 Å². The van der Waals surface area contributed by atoms with E-state index in [1.54, 1.807) is 12.1 Å². The van der Waals surface area contributed by atoms with Gasteiger partial charge in [-0.1, -0.05) is 18.2 Å². The molecule has 0 aliphatic carbocycles. The van der Waals surface area contributed by atoms with Crippen molar-refractivity contribution in [2.75, 3.05) is 32.1 Å². The van der Waals surface area contributed by atoms with Crippen molar-refractivity contribution in [1.82, 2.24) is 10.6 Å². The van der Waals surface area contributed by atoms with Crippen LogP contribution < -0.4 is 20.3 Å². The number of halogens is 3. The van der Waals surface area contributed by atoms with Crippen molar-refractivity contribution in [2.24, 2.45) is 4.99 Å². The molecule has 0 saturated heterocycles. The molecule has 0 saturated carbocycles. The Balaban J connectivity index is 0.00000480. The Morgan fingerprint density at radius 1 is 1.13 bits per heavy atom. The molecule has 0 aliphatic rings. The molecule has 0 fully saturated rings. The van der Waals surface area contributed by atoms with E-state index < -0.39 is 12.7 Å². The fourth-order valence-corrected chi connectivity index (χ4v) is 2.82. The summed E-state index contributed by atoms with van der Waals surface area (Å²) >= 11 is 0. The van der Waals surface area contributed by atoms with Crippen molar-refractivity contribution >= 4 is 35.6 Å². The van der Waals surface area contributed by atoms with Crippen LogP contribution in [-0.2, 0) is 6.54 Å². The van der Waals surface area contributed by atoms with Crippen LogP contribution in [0.15, 0.2) is 47.5 Å². The van der Waals surface area contributed by atoms with Crippen LogP contribution in [0, 0.1) is 6.92 Å². The smallest absolute Gasteiger partial charge is 0.387 e. The SMILES string of the molecule is CCNC(=NCc1ccc(N(C)C)cc1C)NCC(O)c1ccc(OC(F)F)cc1.I. The third-order valence-electron chi connectivity index (χ3n) is 4.55. The summed E-state index contributed by atoms with van der Waals surface area (Å²) < 4.78 is 28.8. The molecule has 1 unspecified atom stereocenters. The number of nitrogens with zero attached hydrogens (tertiary/aromatic N) is 2. The number of alkyl halides is 2.